The summed E-state index contributed by atoms with van der Waals surface area (Å²) < 4.78 is 0. The largest absolute Gasteiger partial charge is 0.0625 e. The monoisotopic (exact) mass is 148 g/mol. The summed E-state index contributed by atoms with van der Waals surface area (Å²) in [5.41, 5.74) is 2.03. The van der Waals surface area contributed by atoms with E-state index in [4.69, 9.17) is 0 Å². The van der Waals surface area contributed by atoms with Gasteiger partial charge < -0.3 is 0 Å². The lowest BCUT2D eigenvalue weighted by Gasteiger charge is -2.43. The minimum Gasteiger partial charge on any atom is -0.0625 e. The zero-order valence-electron chi connectivity index (χ0n) is 7.43. The third-order valence-electron chi connectivity index (χ3n) is 5.49. The minimum absolute atomic E-state index is 1.00. The quantitative estimate of drug-likeness (QED) is 0.536. The summed E-state index contributed by atoms with van der Waals surface area (Å²) in [6.07, 6.45) is 4.75. The molecule has 0 aromatic rings. The van der Waals surface area contributed by atoms with Crippen LogP contribution in [-0.4, -0.2) is 0 Å². The molecule has 0 aliphatic heterocycles. The fourth-order valence-electron chi connectivity index (χ4n) is 5.56. The second kappa shape index (κ2) is 1.11. The Morgan fingerprint density at radius 2 is 1.64 bits per heavy atom. The lowest BCUT2D eigenvalue weighted by molar-refractivity contribution is 0.0463. The maximum Gasteiger partial charge on any atom is -0.0128 e. The Morgan fingerprint density at radius 1 is 1.09 bits per heavy atom. The minimum atomic E-state index is 1.00. The van der Waals surface area contributed by atoms with Gasteiger partial charge in [-0.1, -0.05) is 20.3 Å². The van der Waals surface area contributed by atoms with Crippen molar-refractivity contribution in [3.05, 3.63) is 0 Å². The molecule has 0 nitrogen and oxygen atoms in total. The summed E-state index contributed by atoms with van der Waals surface area (Å²) in [6.45, 7) is 4.85. The van der Waals surface area contributed by atoms with Gasteiger partial charge in [0.2, 0.25) is 0 Å². The molecule has 0 N–H and O–H groups in total. The van der Waals surface area contributed by atoms with E-state index in [1.54, 1.807) is 19.3 Å². The molecule has 0 saturated heterocycles. The van der Waals surface area contributed by atoms with Crippen LogP contribution in [-0.2, 0) is 0 Å². The highest BCUT2D eigenvalue weighted by Crippen LogP contribution is 3.18. The maximum atomic E-state index is 2.43. The molecular formula is C11H16. The Hall–Kier alpha value is 0. The third-order valence-corrected chi connectivity index (χ3v) is 5.49. The highest BCUT2D eigenvalue weighted by Gasteiger charge is 3.15. The van der Waals surface area contributed by atoms with Gasteiger partial charge in [-0.15, -0.1) is 0 Å². The van der Waals surface area contributed by atoms with Crippen molar-refractivity contribution in [1.29, 1.82) is 0 Å². The molecule has 0 heteroatoms. The SMILES string of the molecule is CC(C)C1C23C4CCCC2C413. The molecule has 4 aliphatic rings. The summed E-state index contributed by atoms with van der Waals surface area (Å²) in [6, 6.07) is 0. The molecule has 0 bridgehead atoms. The van der Waals surface area contributed by atoms with Crippen LogP contribution in [0.2, 0.25) is 0 Å². The Bertz CT molecular complexity index is 221. The van der Waals surface area contributed by atoms with Crippen molar-refractivity contribution >= 4 is 0 Å². The number of hydrogen-bond acceptors (Lipinski definition) is 0. The first kappa shape index (κ1) is 5.61. The average molecular weight is 148 g/mol. The molecule has 0 aromatic heterocycles. The molecule has 0 atom stereocenters. The summed E-state index contributed by atoms with van der Waals surface area (Å²) >= 11 is 0. The van der Waals surface area contributed by atoms with Crippen LogP contribution < -0.4 is 0 Å². The van der Waals surface area contributed by atoms with Gasteiger partial charge in [0.1, 0.15) is 0 Å². The van der Waals surface area contributed by atoms with Crippen LogP contribution in [0.4, 0.5) is 0 Å². The lowest BCUT2D eigenvalue weighted by Crippen LogP contribution is -2.37. The highest BCUT2D eigenvalue weighted by molar-refractivity contribution is 5.61. The van der Waals surface area contributed by atoms with Gasteiger partial charge in [0.25, 0.3) is 0 Å². The molecule has 0 amide bonds. The molecular weight excluding hydrogens is 132 g/mol. The second-order valence-electron chi connectivity index (χ2n) is 5.62. The van der Waals surface area contributed by atoms with Crippen molar-refractivity contribution in [3.8, 4) is 0 Å². The van der Waals surface area contributed by atoms with E-state index < -0.39 is 0 Å². The third kappa shape index (κ3) is 0.267. The molecule has 60 valence electrons. The molecule has 0 aromatic carbocycles. The van der Waals surface area contributed by atoms with Crippen LogP contribution in [0.15, 0.2) is 0 Å². The average Bonchev–Trinajstić information content (AvgIpc) is 2.75. The van der Waals surface area contributed by atoms with Crippen molar-refractivity contribution in [3.63, 3.8) is 0 Å². The van der Waals surface area contributed by atoms with E-state index in [2.05, 4.69) is 13.8 Å². The van der Waals surface area contributed by atoms with Crippen LogP contribution >= 0.6 is 0 Å². The molecule has 0 heterocycles. The summed E-state index contributed by atoms with van der Waals surface area (Å²) in [4.78, 5) is 0. The van der Waals surface area contributed by atoms with Crippen LogP contribution in [0, 0.1) is 34.5 Å². The smallest absolute Gasteiger partial charge is 0.0128 e. The van der Waals surface area contributed by atoms with Crippen molar-refractivity contribution in [2.75, 3.05) is 0 Å². The summed E-state index contributed by atoms with van der Waals surface area (Å²) in [5.74, 6) is 4.70. The number of hydrogen-bond donors (Lipinski definition) is 0. The fraction of sp³-hybridized carbons (Fsp3) is 1.00. The van der Waals surface area contributed by atoms with E-state index in [-0.39, 0.29) is 0 Å². The molecule has 4 saturated carbocycles. The van der Waals surface area contributed by atoms with Crippen molar-refractivity contribution < 1.29 is 0 Å². The van der Waals surface area contributed by atoms with Gasteiger partial charge >= 0.3 is 0 Å². The molecule has 4 aliphatic carbocycles. The maximum absolute atomic E-state index is 2.43. The summed E-state index contributed by atoms with van der Waals surface area (Å²) in [5, 5.41) is 0. The van der Waals surface area contributed by atoms with Gasteiger partial charge in [-0.25, -0.2) is 0 Å². The normalized spacial score (nSPS) is 73.9. The zero-order valence-corrected chi connectivity index (χ0v) is 7.43. The Balaban J connectivity index is 1.67. The molecule has 11 heavy (non-hydrogen) atoms. The van der Waals surface area contributed by atoms with E-state index >= 15 is 0 Å². The van der Waals surface area contributed by atoms with E-state index in [1.807, 2.05) is 0 Å². The lowest BCUT2D eigenvalue weighted by atomic mass is 9.61. The van der Waals surface area contributed by atoms with Gasteiger partial charge in [-0.3, -0.25) is 0 Å². The van der Waals surface area contributed by atoms with Crippen LogP contribution in [0.3, 0.4) is 0 Å². The Kier molecular flexibility index (Phi) is 0.567. The first-order valence-corrected chi connectivity index (χ1v) is 5.29. The zero-order chi connectivity index (χ0) is 7.43. The van der Waals surface area contributed by atoms with E-state index in [9.17, 15) is 0 Å². The van der Waals surface area contributed by atoms with Crippen LogP contribution in [0.5, 0.6) is 0 Å². The van der Waals surface area contributed by atoms with Crippen LogP contribution in [0.1, 0.15) is 33.1 Å². The van der Waals surface area contributed by atoms with Gasteiger partial charge in [-0.05, 0) is 47.3 Å². The van der Waals surface area contributed by atoms with Gasteiger partial charge in [0.15, 0.2) is 0 Å². The van der Waals surface area contributed by atoms with Crippen molar-refractivity contribution in [2.45, 2.75) is 33.1 Å². The second-order valence-corrected chi connectivity index (χ2v) is 5.62. The van der Waals surface area contributed by atoms with Gasteiger partial charge in [0, 0.05) is 0 Å². The van der Waals surface area contributed by atoms with E-state index in [1.165, 1.54) is 17.8 Å². The predicted molar refractivity (Wildman–Crippen MR) is 44.0 cm³/mol. The van der Waals surface area contributed by atoms with E-state index in [0.717, 1.165) is 16.7 Å². The topological polar surface area (TPSA) is 0 Å². The van der Waals surface area contributed by atoms with Gasteiger partial charge in [0.05, 0.1) is 0 Å². The highest BCUT2D eigenvalue weighted by atomic mass is 15.2. The Morgan fingerprint density at radius 3 is 2.09 bits per heavy atom. The Labute approximate surface area is 68.4 Å². The first-order chi connectivity index (χ1) is 5.29. The van der Waals surface area contributed by atoms with E-state index in [0.29, 0.717) is 0 Å². The van der Waals surface area contributed by atoms with Crippen molar-refractivity contribution in [1.82, 2.24) is 0 Å². The van der Waals surface area contributed by atoms with Crippen molar-refractivity contribution in [2.24, 2.45) is 34.5 Å². The van der Waals surface area contributed by atoms with Gasteiger partial charge in [-0.2, -0.15) is 0 Å². The van der Waals surface area contributed by atoms with Crippen LogP contribution in [0.25, 0.3) is 0 Å². The summed E-state index contributed by atoms with van der Waals surface area (Å²) in [7, 11) is 0. The predicted octanol–water partition coefficient (Wildman–Crippen LogP) is 2.69. The molecule has 4 rings (SSSR count). The fourth-order valence-corrected chi connectivity index (χ4v) is 5.56. The standard InChI is InChI=1S/C11H16/c1-6(2)9-10-7-4-3-5-8(10)11(7,9)10/h6-9H,3-5H2,1-2H3. The molecule has 0 unspecified atom stereocenters. The number of rotatable bonds is 1. The molecule has 0 radical (unpaired) electrons. The molecule has 4 fully saturated rings. The molecule has 1 spiro atoms. The first-order valence-electron chi connectivity index (χ1n) is 5.29.